The third-order valence-corrected chi connectivity index (χ3v) is 3.67. The molecule has 1 aromatic heterocycles. The summed E-state index contributed by atoms with van der Waals surface area (Å²) in [6.45, 7) is 12.8. The SMILES string of the molecule is Cc1cc(C)c(Nc2nc(C)cc(C(=O)NCC(C)C)n2)c(C)c1. The minimum atomic E-state index is -0.172. The second-order valence-electron chi connectivity index (χ2n) is 6.72. The number of aromatic nitrogens is 2. The standard InChI is InChI=1S/C19H26N4O/c1-11(2)10-20-18(24)16-9-15(6)21-19(22-16)23-17-13(4)7-12(3)8-14(17)5/h7-9,11H,10H2,1-6H3,(H,20,24)(H,21,22,23). The van der Waals surface area contributed by atoms with Gasteiger partial charge in [0.15, 0.2) is 0 Å². The molecule has 0 unspecified atom stereocenters. The van der Waals surface area contributed by atoms with Gasteiger partial charge in [0.1, 0.15) is 5.69 Å². The van der Waals surface area contributed by atoms with Gasteiger partial charge >= 0.3 is 0 Å². The molecule has 0 saturated carbocycles. The molecule has 24 heavy (non-hydrogen) atoms. The van der Waals surface area contributed by atoms with Gasteiger partial charge in [-0.1, -0.05) is 31.5 Å². The Hall–Kier alpha value is -2.43. The third kappa shape index (κ3) is 4.54. The summed E-state index contributed by atoms with van der Waals surface area (Å²) in [6, 6.07) is 5.93. The molecule has 0 aliphatic carbocycles. The van der Waals surface area contributed by atoms with Crippen molar-refractivity contribution in [2.45, 2.75) is 41.5 Å². The molecule has 0 saturated heterocycles. The van der Waals surface area contributed by atoms with E-state index in [9.17, 15) is 4.79 Å². The first-order valence-electron chi connectivity index (χ1n) is 8.25. The second-order valence-corrected chi connectivity index (χ2v) is 6.72. The molecule has 2 aromatic rings. The monoisotopic (exact) mass is 326 g/mol. The lowest BCUT2D eigenvalue weighted by atomic mass is 10.1. The van der Waals surface area contributed by atoms with Crippen LogP contribution in [0.1, 0.15) is 46.7 Å². The first-order valence-corrected chi connectivity index (χ1v) is 8.25. The van der Waals surface area contributed by atoms with E-state index in [0.29, 0.717) is 24.1 Å². The molecular weight excluding hydrogens is 300 g/mol. The molecule has 128 valence electrons. The predicted octanol–water partition coefficient (Wildman–Crippen LogP) is 3.84. The number of anilines is 2. The lowest BCUT2D eigenvalue weighted by Gasteiger charge is -2.14. The van der Waals surface area contributed by atoms with E-state index in [-0.39, 0.29) is 5.91 Å². The molecule has 5 nitrogen and oxygen atoms in total. The maximum Gasteiger partial charge on any atom is 0.270 e. The van der Waals surface area contributed by atoms with E-state index in [1.54, 1.807) is 6.07 Å². The summed E-state index contributed by atoms with van der Waals surface area (Å²) in [6.07, 6.45) is 0. The van der Waals surface area contributed by atoms with Crippen molar-refractivity contribution in [3.05, 3.63) is 46.3 Å². The molecule has 0 aliphatic heterocycles. The molecular formula is C19H26N4O. The van der Waals surface area contributed by atoms with Gasteiger partial charge in [-0.25, -0.2) is 9.97 Å². The summed E-state index contributed by atoms with van der Waals surface area (Å²) in [7, 11) is 0. The van der Waals surface area contributed by atoms with Crippen molar-refractivity contribution < 1.29 is 4.79 Å². The van der Waals surface area contributed by atoms with Gasteiger partial charge in [-0.2, -0.15) is 0 Å². The van der Waals surface area contributed by atoms with Gasteiger partial charge in [-0.3, -0.25) is 4.79 Å². The Kier molecular flexibility index (Phi) is 5.54. The van der Waals surface area contributed by atoms with E-state index in [2.05, 4.69) is 53.5 Å². The van der Waals surface area contributed by atoms with E-state index in [1.807, 2.05) is 20.8 Å². The maximum absolute atomic E-state index is 12.3. The van der Waals surface area contributed by atoms with E-state index in [1.165, 1.54) is 5.56 Å². The zero-order valence-corrected chi connectivity index (χ0v) is 15.3. The molecule has 0 atom stereocenters. The summed E-state index contributed by atoms with van der Waals surface area (Å²) >= 11 is 0. The molecule has 0 aliphatic rings. The normalized spacial score (nSPS) is 10.8. The largest absolute Gasteiger partial charge is 0.350 e. The highest BCUT2D eigenvalue weighted by molar-refractivity contribution is 5.92. The van der Waals surface area contributed by atoms with Crippen LogP contribution in [0.3, 0.4) is 0 Å². The fraction of sp³-hybridized carbons (Fsp3) is 0.421. The Labute approximate surface area is 143 Å². The number of hydrogen-bond donors (Lipinski definition) is 2. The van der Waals surface area contributed by atoms with E-state index >= 15 is 0 Å². The van der Waals surface area contributed by atoms with E-state index < -0.39 is 0 Å². The molecule has 5 heteroatoms. The van der Waals surface area contributed by atoms with Crippen molar-refractivity contribution in [2.24, 2.45) is 5.92 Å². The number of rotatable bonds is 5. The quantitative estimate of drug-likeness (QED) is 0.876. The number of benzene rings is 1. The first kappa shape index (κ1) is 17.9. The van der Waals surface area contributed by atoms with Crippen molar-refractivity contribution in [1.29, 1.82) is 0 Å². The van der Waals surface area contributed by atoms with Crippen LogP contribution in [0, 0.1) is 33.6 Å². The number of carbonyl (C=O) groups is 1. The van der Waals surface area contributed by atoms with Crippen LogP contribution in [0.4, 0.5) is 11.6 Å². The van der Waals surface area contributed by atoms with Crippen LogP contribution in [0.5, 0.6) is 0 Å². The van der Waals surface area contributed by atoms with Crippen LogP contribution in [-0.2, 0) is 0 Å². The van der Waals surface area contributed by atoms with E-state index in [0.717, 1.165) is 22.5 Å². The summed E-state index contributed by atoms with van der Waals surface area (Å²) in [4.78, 5) is 21.0. The fourth-order valence-corrected chi connectivity index (χ4v) is 2.62. The van der Waals surface area contributed by atoms with Crippen LogP contribution in [0.2, 0.25) is 0 Å². The van der Waals surface area contributed by atoms with Gasteiger partial charge in [0.25, 0.3) is 5.91 Å². The Morgan fingerprint density at radius 1 is 1.04 bits per heavy atom. The van der Waals surface area contributed by atoms with Crippen molar-refractivity contribution >= 4 is 17.5 Å². The molecule has 2 N–H and O–H groups in total. The topological polar surface area (TPSA) is 66.9 Å². The average Bonchev–Trinajstić information content (AvgIpc) is 2.47. The Morgan fingerprint density at radius 2 is 1.67 bits per heavy atom. The van der Waals surface area contributed by atoms with Gasteiger partial charge < -0.3 is 10.6 Å². The number of hydrogen-bond acceptors (Lipinski definition) is 4. The minimum Gasteiger partial charge on any atom is -0.350 e. The molecule has 0 spiro atoms. The van der Waals surface area contributed by atoms with Gasteiger partial charge in [0.2, 0.25) is 5.95 Å². The van der Waals surface area contributed by atoms with Crippen LogP contribution < -0.4 is 10.6 Å². The molecule has 0 radical (unpaired) electrons. The van der Waals surface area contributed by atoms with Gasteiger partial charge in [-0.05, 0) is 50.8 Å². The average molecular weight is 326 g/mol. The number of carbonyl (C=O) groups excluding carboxylic acids is 1. The number of amides is 1. The van der Waals surface area contributed by atoms with Crippen LogP contribution >= 0.6 is 0 Å². The molecule has 0 fully saturated rings. The molecule has 1 aromatic carbocycles. The number of nitrogens with zero attached hydrogens (tertiary/aromatic N) is 2. The summed E-state index contributed by atoms with van der Waals surface area (Å²) in [5, 5.41) is 6.16. The van der Waals surface area contributed by atoms with Gasteiger partial charge in [0.05, 0.1) is 0 Å². The zero-order chi connectivity index (χ0) is 17.9. The smallest absolute Gasteiger partial charge is 0.270 e. The predicted molar refractivity (Wildman–Crippen MR) is 97.9 cm³/mol. The second kappa shape index (κ2) is 7.43. The van der Waals surface area contributed by atoms with E-state index in [4.69, 9.17) is 0 Å². The molecule has 1 heterocycles. The number of nitrogens with one attached hydrogen (secondary N) is 2. The Bertz CT molecular complexity index is 730. The lowest BCUT2D eigenvalue weighted by Crippen LogP contribution is -2.28. The zero-order valence-electron chi connectivity index (χ0n) is 15.3. The molecule has 0 bridgehead atoms. The Balaban J connectivity index is 2.27. The molecule has 1 amide bonds. The maximum atomic E-state index is 12.3. The van der Waals surface area contributed by atoms with Crippen molar-refractivity contribution in [2.75, 3.05) is 11.9 Å². The fourth-order valence-electron chi connectivity index (χ4n) is 2.62. The highest BCUT2D eigenvalue weighted by Gasteiger charge is 2.12. The molecule has 2 rings (SSSR count). The van der Waals surface area contributed by atoms with Gasteiger partial charge in [0, 0.05) is 17.9 Å². The first-order chi connectivity index (χ1) is 11.3. The summed E-state index contributed by atoms with van der Waals surface area (Å²) in [5.41, 5.74) is 5.60. The summed E-state index contributed by atoms with van der Waals surface area (Å²) in [5.74, 6) is 0.668. The Morgan fingerprint density at radius 3 is 2.25 bits per heavy atom. The minimum absolute atomic E-state index is 0.172. The highest BCUT2D eigenvalue weighted by Crippen LogP contribution is 2.24. The van der Waals surface area contributed by atoms with Gasteiger partial charge in [-0.15, -0.1) is 0 Å². The number of aryl methyl sites for hydroxylation is 4. The van der Waals surface area contributed by atoms with Crippen LogP contribution in [0.25, 0.3) is 0 Å². The van der Waals surface area contributed by atoms with Crippen LogP contribution in [-0.4, -0.2) is 22.4 Å². The highest BCUT2D eigenvalue weighted by atomic mass is 16.1. The van der Waals surface area contributed by atoms with Crippen molar-refractivity contribution in [3.8, 4) is 0 Å². The lowest BCUT2D eigenvalue weighted by molar-refractivity contribution is 0.0944. The van der Waals surface area contributed by atoms with Crippen molar-refractivity contribution in [3.63, 3.8) is 0 Å². The summed E-state index contributed by atoms with van der Waals surface area (Å²) < 4.78 is 0. The third-order valence-electron chi connectivity index (χ3n) is 3.67. The van der Waals surface area contributed by atoms with Crippen LogP contribution in [0.15, 0.2) is 18.2 Å². The van der Waals surface area contributed by atoms with Crippen molar-refractivity contribution in [1.82, 2.24) is 15.3 Å².